The first kappa shape index (κ1) is 14.3. The molecule has 0 atom stereocenters. The van der Waals surface area contributed by atoms with Crippen molar-refractivity contribution < 1.29 is 4.74 Å². The molecule has 0 aromatic heterocycles. The van der Waals surface area contributed by atoms with Crippen LogP contribution in [-0.4, -0.2) is 32.6 Å². The largest absolute Gasteiger partial charge is 0.496 e. The quantitative estimate of drug-likeness (QED) is 0.799. The van der Waals surface area contributed by atoms with Crippen molar-refractivity contribution in [2.75, 3.05) is 27.7 Å². The normalized spacial score (nSPS) is 11.0. The highest BCUT2D eigenvalue weighted by molar-refractivity contribution is 6.32. The fraction of sp³-hybridized carbons (Fsp3) is 0.571. The van der Waals surface area contributed by atoms with Gasteiger partial charge < -0.3 is 9.64 Å². The minimum atomic E-state index is 0.866. The highest BCUT2D eigenvalue weighted by Crippen LogP contribution is 2.32. The van der Waals surface area contributed by atoms with E-state index in [9.17, 15) is 0 Å². The first-order valence-corrected chi connectivity index (χ1v) is 6.32. The van der Waals surface area contributed by atoms with Crippen molar-refractivity contribution in [3.05, 3.63) is 27.8 Å². The number of methoxy groups -OCH3 is 1. The Balaban J connectivity index is 2.92. The molecule has 0 aliphatic heterocycles. The zero-order chi connectivity index (χ0) is 13.0. The zero-order valence-electron chi connectivity index (χ0n) is 11.4. The van der Waals surface area contributed by atoms with Crippen LogP contribution in [0, 0.1) is 13.8 Å². The summed E-state index contributed by atoms with van der Waals surface area (Å²) in [6, 6.07) is 2.03. The monoisotopic (exact) mass is 255 g/mol. The van der Waals surface area contributed by atoms with Crippen molar-refractivity contribution in [2.24, 2.45) is 0 Å². The third-order valence-corrected chi connectivity index (χ3v) is 3.61. The van der Waals surface area contributed by atoms with Gasteiger partial charge in [-0.25, -0.2) is 0 Å². The van der Waals surface area contributed by atoms with Gasteiger partial charge in [0.25, 0.3) is 0 Å². The van der Waals surface area contributed by atoms with Crippen LogP contribution in [0.2, 0.25) is 5.02 Å². The smallest absolute Gasteiger partial charge is 0.122 e. The van der Waals surface area contributed by atoms with Crippen LogP contribution in [0.15, 0.2) is 6.07 Å². The second-order valence-electron chi connectivity index (χ2n) is 4.72. The van der Waals surface area contributed by atoms with Crippen LogP contribution in [0.3, 0.4) is 0 Å². The molecule has 0 unspecified atom stereocenters. The van der Waals surface area contributed by atoms with Gasteiger partial charge in [0.1, 0.15) is 5.75 Å². The number of hydrogen-bond acceptors (Lipinski definition) is 2. The van der Waals surface area contributed by atoms with Crippen LogP contribution >= 0.6 is 11.6 Å². The minimum absolute atomic E-state index is 0.866. The van der Waals surface area contributed by atoms with E-state index in [0.717, 1.165) is 41.3 Å². The number of benzene rings is 1. The summed E-state index contributed by atoms with van der Waals surface area (Å²) in [5.74, 6) is 0.961. The van der Waals surface area contributed by atoms with E-state index in [2.05, 4.69) is 25.9 Å². The topological polar surface area (TPSA) is 12.5 Å². The average molecular weight is 256 g/mol. The van der Waals surface area contributed by atoms with Crippen molar-refractivity contribution in [3.63, 3.8) is 0 Å². The summed E-state index contributed by atoms with van der Waals surface area (Å²) in [4.78, 5) is 2.19. The molecule has 0 bridgehead atoms. The number of ether oxygens (including phenoxy) is 1. The molecule has 0 saturated heterocycles. The maximum absolute atomic E-state index is 6.29. The van der Waals surface area contributed by atoms with Crippen LogP contribution in [0.25, 0.3) is 0 Å². The van der Waals surface area contributed by atoms with Crippen LogP contribution in [0.1, 0.15) is 23.1 Å². The predicted octanol–water partition coefficient (Wildman–Crippen LogP) is 3.46. The Kier molecular flexibility index (Phi) is 5.29. The van der Waals surface area contributed by atoms with E-state index in [1.54, 1.807) is 7.11 Å². The first-order chi connectivity index (χ1) is 7.97. The second-order valence-corrected chi connectivity index (χ2v) is 5.10. The van der Waals surface area contributed by atoms with Gasteiger partial charge in [-0.3, -0.25) is 0 Å². The molecule has 0 saturated carbocycles. The van der Waals surface area contributed by atoms with Crippen molar-refractivity contribution in [1.82, 2.24) is 4.90 Å². The minimum Gasteiger partial charge on any atom is -0.496 e. The average Bonchev–Trinajstić information content (AvgIpc) is 2.28. The van der Waals surface area contributed by atoms with Crippen molar-refractivity contribution in [2.45, 2.75) is 26.7 Å². The summed E-state index contributed by atoms with van der Waals surface area (Å²) in [5, 5.41) is 0.866. The molecule has 0 aliphatic rings. The molecule has 2 nitrogen and oxygen atoms in total. The van der Waals surface area contributed by atoms with Crippen molar-refractivity contribution in [1.29, 1.82) is 0 Å². The summed E-state index contributed by atoms with van der Waals surface area (Å²) in [5.41, 5.74) is 3.48. The Morgan fingerprint density at radius 3 is 2.47 bits per heavy atom. The van der Waals surface area contributed by atoms with Gasteiger partial charge in [-0.2, -0.15) is 0 Å². The van der Waals surface area contributed by atoms with Gasteiger partial charge in [0.2, 0.25) is 0 Å². The molecular weight excluding hydrogens is 234 g/mol. The van der Waals surface area contributed by atoms with E-state index in [0.29, 0.717) is 0 Å². The highest BCUT2D eigenvalue weighted by atomic mass is 35.5. The van der Waals surface area contributed by atoms with Crippen LogP contribution in [0.4, 0.5) is 0 Å². The Morgan fingerprint density at radius 2 is 1.94 bits per heavy atom. The Bertz CT molecular complexity index is 388. The van der Waals surface area contributed by atoms with E-state index >= 15 is 0 Å². The molecule has 0 amide bonds. The molecule has 0 radical (unpaired) electrons. The fourth-order valence-corrected chi connectivity index (χ4v) is 2.19. The third kappa shape index (κ3) is 3.62. The lowest BCUT2D eigenvalue weighted by atomic mass is 10.00. The van der Waals surface area contributed by atoms with Crippen molar-refractivity contribution >= 4 is 11.6 Å². The molecule has 0 aliphatic carbocycles. The standard InChI is InChI=1S/C14H22ClNO/c1-10-9-13(17-5)12(11(2)14(10)15)7-6-8-16(3)4/h9H,6-8H2,1-5H3. The summed E-state index contributed by atoms with van der Waals surface area (Å²) in [7, 11) is 5.90. The van der Waals surface area contributed by atoms with Crippen molar-refractivity contribution in [3.8, 4) is 5.75 Å². The van der Waals surface area contributed by atoms with E-state index in [1.165, 1.54) is 5.56 Å². The Labute approximate surface area is 110 Å². The Hall–Kier alpha value is -0.730. The maximum atomic E-state index is 6.29. The van der Waals surface area contributed by atoms with Crippen LogP contribution in [0.5, 0.6) is 5.75 Å². The van der Waals surface area contributed by atoms with Gasteiger partial charge in [-0.1, -0.05) is 11.6 Å². The van der Waals surface area contributed by atoms with E-state index in [-0.39, 0.29) is 0 Å². The number of nitrogens with zero attached hydrogens (tertiary/aromatic N) is 1. The van der Waals surface area contributed by atoms with Gasteiger partial charge in [0, 0.05) is 5.02 Å². The molecule has 3 heteroatoms. The lowest BCUT2D eigenvalue weighted by Crippen LogP contribution is -2.14. The van der Waals surface area contributed by atoms with Gasteiger partial charge in [0.05, 0.1) is 7.11 Å². The fourth-order valence-electron chi connectivity index (χ4n) is 2.03. The SMILES string of the molecule is COc1cc(C)c(Cl)c(C)c1CCCN(C)C. The van der Waals surface area contributed by atoms with Gasteiger partial charge >= 0.3 is 0 Å². The second kappa shape index (κ2) is 6.27. The Morgan fingerprint density at radius 1 is 1.29 bits per heavy atom. The molecule has 1 rings (SSSR count). The number of hydrogen-bond donors (Lipinski definition) is 0. The lowest BCUT2D eigenvalue weighted by Gasteiger charge is -2.16. The first-order valence-electron chi connectivity index (χ1n) is 5.94. The summed E-state index contributed by atoms with van der Waals surface area (Å²) in [6.45, 7) is 5.17. The van der Waals surface area contributed by atoms with Gasteiger partial charge in [0.15, 0.2) is 0 Å². The molecule has 17 heavy (non-hydrogen) atoms. The van der Waals surface area contributed by atoms with Crippen LogP contribution in [-0.2, 0) is 6.42 Å². The number of rotatable bonds is 5. The highest BCUT2D eigenvalue weighted by Gasteiger charge is 2.12. The number of halogens is 1. The molecule has 1 aromatic rings. The number of aryl methyl sites for hydroxylation is 1. The molecule has 96 valence electrons. The maximum Gasteiger partial charge on any atom is 0.122 e. The van der Waals surface area contributed by atoms with E-state index < -0.39 is 0 Å². The van der Waals surface area contributed by atoms with Gasteiger partial charge in [-0.15, -0.1) is 0 Å². The van der Waals surface area contributed by atoms with E-state index in [1.807, 2.05) is 13.0 Å². The summed E-state index contributed by atoms with van der Waals surface area (Å²) >= 11 is 6.29. The van der Waals surface area contributed by atoms with E-state index in [4.69, 9.17) is 16.3 Å². The summed E-state index contributed by atoms with van der Waals surface area (Å²) in [6.07, 6.45) is 2.12. The molecule has 0 N–H and O–H groups in total. The molecule has 1 aromatic carbocycles. The lowest BCUT2D eigenvalue weighted by molar-refractivity contribution is 0.390. The molecule has 0 spiro atoms. The molecule has 0 fully saturated rings. The van der Waals surface area contributed by atoms with Gasteiger partial charge in [-0.05, 0) is 70.1 Å². The summed E-state index contributed by atoms with van der Waals surface area (Å²) < 4.78 is 5.45. The third-order valence-electron chi connectivity index (χ3n) is 3.03. The molecule has 0 heterocycles. The predicted molar refractivity (Wildman–Crippen MR) is 74.4 cm³/mol. The van der Waals surface area contributed by atoms with Crippen LogP contribution < -0.4 is 4.74 Å². The molecular formula is C14H22ClNO. The zero-order valence-corrected chi connectivity index (χ0v) is 12.2.